The lowest BCUT2D eigenvalue weighted by atomic mass is 9.48. The summed E-state index contributed by atoms with van der Waals surface area (Å²) in [5.41, 5.74) is 2.81. The monoisotopic (exact) mass is 474 g/mol. The predicted molar refractivity (Wildman–Crippen MR) is 129 cm³/mol. The number of benzene rings is 2. The lowest BCUT2D eigenvalue weighted by Crippen LogP contribution is -2.74. The molecule has 2 aromatic carbocycles. The number of ether oxygens (including phenoxy) is 1. The van der Waals surface area contributed by atoms with Crippen LogP contribution in [0.5, 0.6) is 0 Å². The van der Waals surface area contributed by atoms with Gasteiger partial charge in [0.2, 0.25) is 5.91 Å². The number of likely N-dealkylation sites (tertiary alicyclic amines) is 1. The van der Waals surface area contributed by atoms with Crippen molar-refractivity contribution >= 4 is 18.0 Å². The number of carbonyl (C=O) groups excluding carboxylic acids is 2. The molecule has 0 radical (unpaired) electrons. The molecule has 7 heteroatoms. The fourth-order valence-electron chi connectivity index (χ4n) is 6.76. The standard InChI is InChI=1S/C28H30N2O5/c1-26(24(32)33)16-30(17-26)23(31)28(14-27(15-28)11-6-12-27)29-25(34)35-13-22-20-9-4-2-7-18(20)19-8-3-5-10-21(19)22/h2-5,7-10,22H,6,11-17H2,1H3,(H,29,34)(H,32,33). The molecule has 1 spiro atoms. The quantitative estimate of drug-likeness (QED) is 0.678. The summed E-state index contributed by atoms with van der Waals surface area (Å²) in [6.45, 7) is 2.18. The Morgan fingerprint density at radius 3 is 2.09 bits per heavy atom. The average Bonchev–Trinajstić information content (AvgIpc) is 3.09. The van der Waals surface area contributed by atoms with Crippen molar-refractivity contribution in [3.05, 3.63) is 59.7 Å². The fourth-order valence-corrected chi connectivity index (χ4v) is 6.76. The summed E-state index contributed by atoms with van der Waals surface area (Å²) >= 11 is 0. The first-order valence-electron chi connectivity index (χ1n) is 12.4. The zero-order valence-corrected chi connectivity index (χ0v) is 19.9. The van der Waals surface area contributed by atoms with Gasteiger partial charge in [-0.05, 0) is 60.3 Å². The van der Waals surface area contributed by atoms with Gasteiger partial charge in [-0.2, -0.15) is 0 Å². The zero-order chi connectivity index (χ0) is 24.4. The molecule has 182 valence electrons. The minimum Gasteiger partial charge on any atom is -0.481 e. The molecule has 6 rings (SSSR count). The maximum Gasteiger partial charge on any atom is 0.408 e. The van der Waals surface area contributed by atoms with Gasteiger partial charge in [-0.15, -0.1) is 0 Å². The molecule has 0 atom stereocenters. The van der Waals surface area contributed by atoms with Crippen molar-refractivity contribution in [3.8, 4) is 11.1 Å². The first-order valence-corrected chi connectivity index (χ1v) is 12.4. The summed E-state index contributed by atoms with van der Waals surface area (Å²) in [6, 6.07) is 16.3. The third-order valence-electron chi connectivity index (χ3n) is 8.75. The van der Waals surface area contributed by atoms with E-state index in [0.29, 0.717) is 12.8 Å². The minimum atomic E-state index is -0.997. The summed E-state index contributed by atoms with van der Waals surface area (Å²) in [5.74, 6) is -1.13. The summed E-state index contributed by atoms with van der Waals surface area (Å²) in [5, 5.41) is 12.4. The van der Waals surface area contributed by atoms with E-state index < -0.39 is 23.0 Å². The molecule has 1 aliphatic heterocycles. The Morgan fingerprint density at radius 2 is 1.57 bits per heavy atom. The predicted octanol–water partition coefficient (Wildman–Crippen LogP) is 4.16. The number of fused-ring (bicyclic) bond motifs is 3. The van der Waals surface area contributed by atoms with E-state index in [0.717, 1.165) is 41.5 Å². The number of carboxylic acid groups (broad SMARTS) is 1. The van der Waals surface area contributed by atoms with Crippen molar-refractivity contribution in [2.24, 2.45) is 10.8 Å². The van der Waals surface area contributed by atoms with Crippen molar-refractivity contribution in [2.75, 3.05) is 19.7 Å². The van der Waals surface area contributed by atoms with E-state index >= 15 is 0 Å². The van der Waals surface area contributed by atoms with Gasteiger partial charge in [0.25, 0.3) is 0 Å². The summed E-state index contributed by atoms with van der Waals surface area (Å²) in [7, 11) is 0. The molecule has 0 aromatic heterocycles. The van der Waals surface area contributed by atoms with Gasteiger partial charge in [0.05, 0.1) is 0 Å². The Morgan fingerprint density at radius 1 is 1.00 bits per heavy atom. The van der Waals surface area contributed by atoms with Crippen LogP contribution in [0.25, 0.3) is 11.1 Å². The molecule has 3 aliphatic carbocycles. The molecule has 2 aromatic rings. The molecule has 1 heterocycles. The molecule has 35 heavy (non-hydrogen) atoms. The number of hydrogen-bond donors (Lipinski definition) is 2. The van der Waals surface area contributed by atoms with Gasteiger partial charge in [-0.25, -0.2) is 4.79 Å². The molecule has 4 aliphatic rings. The third kappa shape index (κ3) is 3.35. The Kier molecular flexibility index (Phi) is 4.79. The number of nitrogens with zero attached hydrogens (tertiary/aromatic N) is 1. The van der Waals surface area contributed by atoms with Crippen LogP contribution >= 0.6 is 0 Å². The lowest BCUT2D eigenvalue weighted by Gasteiger charge is -2.61. The highest BCUT2D eigenvalue weighted by Gasteiger charge is 2.64. The molecule has 0 bridgehead atoms. The highest BCUT2D eigenvalue weighted by molar-refractivity contribution is 5.93. The van der Waals surface area contributed by atoms with Crippen LogP contribution in [0.15, 0.2) is 48.5 Å². The summed E-state index contributed by atoms with van der Waals surface area (Å²) in [4.78, 5) is 39.5. The number of carboxylic acids is 1. The van der Waals surface area contributed by atoms with Crippen molar-refractivity contribution in [3.63, 3.8) is 0 Å². The molecule has 2 N–H and O–H groups in total. The van der Waals surface area contributed by atoms with Crippen LogP contribution in [-0.4, -0.2) is 53.2 Å². The van der Waals surface area contributed by atoms with Crippen LogP contribution in [0.4, 0.5) is 4.79 Å². The number of carbonyl (C=O) groups is 3. The lowest BCUT2D eigenvalue weighted by molar-refractivity contribution is -0.175. The molecule has 3 fully saturated rings. The van der Waals surface area contributed by atoms with Crippen LogP contribution in [-0.2, 0) is 14.3 Å². The van der Waals surface area contributed by atoms with Crippen molar-refractivity contribution in [1.82, 2.24) is 10.2 Å². The Balaban J connectivity index is 1.15. The van der Waals surface area contributed by atoms with E-state index in [1.54, 1.807) is 11.8 Å². The Labute approximate surface area is 204 Å². The van der Waals surface area contributed by atoms with Gasteiger partial charge >= 0.3 is 12.1 Å². The zero-order valence-electron chi connectivity index (χ0n) is 19.9. The van der Waals surface area contributed by atoms with Crippen LogP contribution < -0.4 is 5.32 Å². The average molecular weight is 475 g/mol. The molecule has 7 nitrogen and oxygen atoms in total. The van der Waals surface area contributed by atoms with Gasteiger partial charge in [0.15, 0.2) is 0 Å². The van der Waals surface area contributed by atoms with Gasteiger partial charge in [0, 0.05) is 19.0 Å². The molecular weight excluding hydrogens is 444 g/mol. The third-order valence-corrected chi connectivity index (χ3v) is 8.75. The van der Waals surface area contributed by atoms with E-state index in [1.807, 2.05) is 24.3 Å². The van der Waals surface area contributed by atoms with Gasteiger partial charge in [-0.3, -0.25) is 9.59 Å². The summed E-state index contributed by atoms with van der Waals surface area (Å²) in [6.07, 6.45) is 3.90. The van der Waals surface area contributed by atoms with E-state index in [2.05, 4.69) is 29.6 Å². The van der Waals surface area contributed by atoms with Crippen molar-refractivity contribution in [2.45, 2.75) is 50.5 Å². The molecule has 2 saturated carbocycles. The number of hydrogen-bond acceptors (Lipinski definition) is 4. The van der Waals surface area contributed by atoms with E-state index in [4.69, 9.17) is 4.74 Å². The number of nitrogens with one attached hydrogen (secondary N) is 1. The van der Waals surface area contributed by atoms with Crippen LogP contribution in [0.1, 0.15) is 56.1 Å². The van der Waals surface area contributed by atoms with E-state index in [1.165, 1.54) is 0 Å². The second kappa shape index (κ2) is 7.57. The highest BCUT2D eigenvalue weighted by atomic mass is 16.5. The fraction of sp³-hybridized carbons (Fsp3) is 0.464. The van der Waals surface area contributed by atoms with Gasteiger partial charge in [0.1, 0.15) is 17.6 Å². The maximum absolute atomic E-state index is 13.5. The van der Waals surface area contributed by atoms with E-state index in [9.17, 15) is 19.5 Å². The van der Waals surface area contributed by atoms with Gasteiger partial charge in [-0.1, -0.05) is 55.0 Å². The minimum absolute atomic E-state index is 0.0502. The molecular formula is C28H30N2O5. The Hall–Kier alpha value is -3.35. The Bertz CT molecular complexity index is 1170. The topological polar surface area (TPSA) is 95.9 Å². The number of alkyl carbamates (subject to hydrolysis) is 1. The second-order valence-electron chi connectivity index (χ2n) is 11.3. The summed E-state index contributed by atoms with van der Waals surface area (Å²) < 4.78 is 5.74. The van der Waals surface area contributed by atoms with Gasteiger partial charge < -0.3 is 20.1 Å². The van der Waals surface area contributed by atoms with Crippen LogP contribution in [0, 0.1) is 10.8 Å². The number of rotatable bonds is 5. The molecule has 0 unspecified atom stereocenters. The SMILES string of the molecule is CC1(C(=O)O)CN(C(=O)C2(NC(=O)OCC3c4ccccc4-c4ccccc43)CC3(CCC3)C2)C1. The van der Waals surface area contributed by atoms with Crippen LogP contribution in [0.3, 0.4) is 0 Å². The smallest absolute Gasteiger partial charge is 0.408 e. The van der Waals surface area contributed by atoms with Crippen molar-refractivity contribution < 1.29 is 24.2 Å². The normalized spacial score (nSPS) is 22.1. The first kappa shape index (κ1) is 22.1. The maximum atomic E-state index is 13.5. The molecule has 2 amide bonds. The molecule has 1 saturated heterocycles. The second-order valence-corrected chi connectivity index (χ2v) is 11.3. The van der Waals surface area contributed by atoms with E-state index in [-0.39, 0.29) is 36.9 Å². The van der Waals surface area contributed by atoms with Crippen LogP contribution in [0.2, 0.25) is 0 Å². The largest absolute Gasteiger partial charge is 0.481 e. The van der Waals surface area contributed by atoms with Crippen molar-refractivity contribution in [1.29, 1.82) is 0 Å². The number of aliphatic carboxylic acids is 1. The highest BCUT2D eigenvalue weighted by Crippen LogP contribution is 2.61. The first-order chi connectivity index (χ1) is 16.7. The number of amides is 2.